The van der Waals surface area contributed by atoms with Crippen molar-refractivity contribution < 1.29 is 28.5 Å². The lowest BCUT2D eigenvalue weighted by Crippen LogP contribution is -2.37. The van der Waals surface area contributed by atoms with E-state index in [0.717, 1.165) is 43.7 Å². The third-order valence-electron chi connectivity index (χ3n) is 6.17. The average Bonchev–Trinajstić information content (AvgIpc) is 2.90. The van der Waals surface area contributed by atoms with Crippen molar-refractivity contribution in [3.05, 3.63) is 54.8 Å². The summed E-state index contributed by atoms with van der Waals surface area (Å²) in [5.41, 5.74) is 1.31. The van der Waals surface area contributed by atoms with E-state index < -0.39 is 16.6 Å². The van der Waals surface area contributed by atoms with Gasteiger partial charge in [0.15, 0.2) is 11.5 Å². The molecule has 2 aromatic carbocycles. The van der Waals surface area contributed by atoms with Gasteiger partial charge in [-0.25, -0.2) is 4.79 Å². The van der Waals surface area contributed by atoms with Gasteiger partial charge in [-0.3, -0.25) is 9.11 Å². The van der Waals surface area contributed by atoms with Crippen LogP contribution in [-0.4, -0.2) is 39.6 Å². The maximum Gasteiger partial charge on any atom is 0.331 e. The first kappa shape index (κ1) is 25.0. The molecule has 0 aromatic heterocycles. The van der Waals surface area contributed by atoms with Crippen LogP contribution in [0.3, 0.4) is 0 Å². The molecule has 0 saturated carbocycles. The molecule has 1 atom stereocenters. The van der Waals surface area contributed by atoms with Crippen LogP contribution < -0.4 is 14.4 Å². The van der Waals surface area contributed by atoms with Gasteiger partial charge in [0.1, 0.15) is 0 Å². The predicted octanol–water partition coefficient (Wildman–Crippen LogP) is 6.52. The van der Waals surface area contributed by atoms with Crippen LogP contribution in [0.1, 0.15) is 39.5 Å². The smallest absolute Gasteiger partial charge is 0.331 e. The molecule has 180 valence electrons. The SMILES string of the molecule is CCCCC1(CC)CN(c2ccccc2)c2cc(OC)c(OC=CC(=O)O)cc2S(O)(O)C1. The first-order chi connectivity index (χ1) is 15.7. The Kier molecular flexibility index (Phi) is 7.94. The number of carbonyl (C=O) groups is 1. The summed E-state index contributed by atoms with van der Waals surface area (Å²) in [5, 5.41) is 8.87. The quantitative estimate of drug-likeness (QED) is 0.280. The molecule has 1 unspecified atom stereocenters. The van der Waals surface area contributed by atoms with Crippen molar-refractivity contribution >= 4 is 27.9 Å². The fraction of sp³-hybridized carbons (Fsp3) is 0.400. The molecule has 1 aliphatic rings. The Bertz CT molecular complexity index is 994. The Morgan fingerprint density at radius 3 is 2.52 bits per heavy atom. The number of anilines is 2. The van der Waals surface area contributed by atoms with Gasteiger partial charge in [-0.2, -0.15) is 10.6 Å². The Morgan fingerprint density at radius 1 is 1.18 bits per heavy atom. The molecule has 0 amide bonds. The highest BCUT2D eigenvalue weighted by atomic mass is 32.3. The van der Waals surface area contributed by atoms with E-state index in [4.69, 9.17) is 14.6 Å². The lowest BCUT2D eigenvalue weighted by atomic mass is 9.81. The number of fused-ring (bicyclic) bond motifs is 1. The summed E-state index contributed by atoms with van der Waals surface area (Å²) >= 11 is 0. The maximum atomic E-state index is 11.4. The summed E-state index contributed by atoms with van der Waals surface area (Å²) in [7, 11) is -1.68. The van der Waals surface area contributed by atoms with E-state index in [1.54, 1.807) is 12.1 Å². The zero-order chi connectivity index (χ0) is 24.1. The van der Waals surface area contributed by atoms with Gasteiger partial charge < -0.3 is 19.5 Å². The van der Waals surface area contributed by atoms with Crippen molar-refractivity contribution in [3.8, 4) is 11.5 Å². The van der Waals surface area contributed by atoms with E-state index in [-0.39, 0.29) is 16.9 Å². The molecule has 7 nitrogen and oxygen atoms in total. The highest BCUT2D eigenvalue weighted by Crippen LogP contribution is 2.62. The number of hydrogen-bond donors (Lipinski definition) is 3. The highest BCUT2D eigenvalue weighted by Gasteiger charge is 2.42. The molecule has 0 spiro atoms. The highest BCUT2D eigenvalue weighted by molar-refractivity contribution is 8.24. The summed E-state index contributed by atoms with van der Waals surface area (Å²) in [6.45, 7) is 4.88. The topological polar surface area (TPSA) is 99.5 Å². The number of carboxylic acid groups (broad SMARTS) is 1. The minimum Gasteiger partial charge on any atom is -0.493 e. The number of ether oxygens (including phenoxy) is 2. The van der Waals surface area contributed by atoms with E-state index in [9.17, 15) is 13.9 Å². The third kappa shape index (κ3) is 5.63. The molecule has 3 N–H and O–H groups in total. The zero-order valence-electron chi connectivity index (χ0n) is 19.4. The van der Waals surface area contributed by atoms with Crippen LogP contribution in [0.15, 0.2) is 59.7 Å². The Hall–Kier alpha value is -2.68. The van der Waals surface area contributed by atoms with Gasteiger partial charge in [0.2, 0.25) is 0 Å². The molecule has 0 bridgehead atoms. The van der Waals surface area contributed by atoms with E-state index in [0.29, 0.717) is 22.9 Å². The number of aliphatic carboxylic acids is 1. The van der Waals surface area contributed by atoms with E-state index in [2.05, 4.69) is 18.7 Å². The van der Waals surface area contributed by atoms with Crippen LogP contribution in [0.25, 0.3) is 0 Å². The molecule has 3 rings (SSSR count). The number of para-hydroxylation sites is 1. The second-order valence-electron chi connectivity index (χ2n) is 8.42. The van der Waals surface area contributed by atoms with E-state index in [1.807, 2.05) is 30.3 Å². The fourth-order valence-electron chi connectivity index (χ4n) is 4.32. The second kappa shape index (κ2) is 10.5. The second-order valence-corrected chi connectivity index (χ2v) is 10.5. The molecule has 0 aliphatic carbocycles. The number of nitrogens with zero attached hydrogens (tertiary/aromatic N) is 1. The molecule has 8 heteroatoms. The zero-order valence-corrected chi connectivity index (χ0v) is 20.2. The van der Waals surface area contributed by atoms with Crippen LogP contribution >= 0.6 is 10.6 Å². The van der Waals surface area contributed by atoms with Crippen LogP contribution in [-0.2, 0) is 4.79 Å². The number of carboxylic acids is 1. The summed E-state index contributed by atoms with van der Waals surface area (Å²) in [6.07, 6.45) is 5.63. The fourth-order valence-corrected chi connectivity index (χ4v) is 6.57. The van der Waals surface area contributed by atoms with Gasteiger partial charge in [-0.1, -0.05) is 44.9 Å². The molecule has 1 heterocycles. The lowest BCUT2D eigenvalue weighted by molar-refractivity contribution is -0.131. The molecule has 0 saturated heterocycles. The van der Waals surface area contributed by atoms with Crippen molar-refractivity contribution in [1.29, 1.82) is 0 Å². The average molecular weight is 476 g/mol. The van der Waals surface area contributed by atoms with Gasteiger partial charge in [0, 0.05) is 35.5 Å². The molecular formula is C25H33NO6S. The van der Waals surface area contributed by atoms with E-state index in [1.165, 1.54) is 7.11 Å². The van der Waals surface area contributed by atoms with Crippen LogP contribution in [0.2, 0.25) is 0 Å². The van der Waals surface area contributed by atoms with Crippen LogP contribution in [0, 0.1) is 5.41 Å². The summed E-state index contributed by atoms with van der Waals surface area (Å²) in [5.74, 6) is -0.299. The van der Waals surface area contributed by atoms with Gasteiger partial charge in [-0.05, 0) is 25.0 Å². The Balaban J connectivity index is 2.20. The molecule has 0 radical (unpaired) electrons. The van der Waals surface area contributed by atoms with Crippen LogP contribution in [0.4, 0.5) is 11.4 Å². The number of rotatable bonds is 9. The number of methoxy groups -OCH3 is 1. The molecule has 33 heavy (non-hydrogen) atoms. The molecular weight excluding hydrogens is 442 g/mol. The number of hydrogen-bond acceptors (Lipinski definition) is 6. The minimum atomic E-state index is -3.18. The summed E-state index contributed by atoms with van der Waals surface area (Å²) in [4.78, 5) is 13.3. The predicted molar refractivity (Wildman–Crippen MR) is 132 cm³/mol. The monoisotopic (exact) mass is 475 g/mol. The van der Waals surface area contributed by atoms with Crippen molar-refractivity contribution in [2.45, 2.75) is 44.4 Å². The number of unbranched alkanes of at least 4 members (excludes halogenated alkanes) is 1. The first-order valence-corrected chi connectivity index (χ1v) is 12.8. The lowest BCUT2D eigenvalue weighted by Gasteiger charge is -2.41. The van der Waals surface area contributed by atoms with Gasteiger partial charge >= 0.3 is 5.97 Å². The van der Waals surface area contributed by atoms with Gasteiger partial charge in [0.25, 0.3) is 0 Å². The van der Waals surface area contributed by atoms with Crippen molar-refractivity contribution in [2.75, 3.05) is 24.3 Å². The maximum absolute atomic E-state index is 11.4. The Labute approximate surface area is 197 Å². The molecule has 1 aliphatic heterocycles. The van der Waals surface area contributed by atoms with E-state index >= 15 is 0 Å². The first-order valence-electron chi connectivity index (χ1n) is 11.1. The van der Waals surface area contributed by atoms with Crippen LogP contribution in [0.5, 0.6) is 11.5 Å². The largest absolute Gasteiger partial charge is 0.493 e. The normalized spacial score (nSPS) is 20.7. The molecule has 0 fully saturated rings. The Morgan fingerprint density at radius 2 is 1.91 bits per heavy atom. The van der Waals surface area contributed by atoms with Crippen molar-refractivity contribution in [3.63, 3.8) is 0 Å². The van der Waals surface area contributed by atoms with Gasteiger partial charge in [0.05, 0.1) is 30.0 Å². The van der Waals surface area contributed by atoms with Gasteiger partial charge in [-0.15, -0.1) is 0 Å². The molecule has 2 aromatic rings. The van der Waals surface area contributed by atoms with Crippen molar-refractivity contribution in [1.82, 2.24) is 0 Å². The standard InChI is InChI=1S/C25H33NO6S/c1-4-6-13-25(5-2)17-26(19-10-8-7-9-11-19)20-15-21(31-3)22(32-14-12-24(27)28)16-23(20)33(29,30)18-25/h7-12,14-16,29-30H,4-6,13,17-18H2,1-3H3,(H,27,28). The third-order valence-corrected chi connectivity index (χ3v) is 8.22. The summed E-state index contributed by atoms with van der Waals surface area (Å²) in [6, 6.07) is 13.2. The summed E-state index contributed by atoms with van der Waals surface area (Å²) < 4.78 is 33.9. The number of benzene rings is 2. The van der Waals surface area contributed by atoms with Crippen molar-refractivity contribution in [2.24, 2.45) is 5.41 Å². The minimum absolute atomic E-state index is 0.222.